The molecule has 0 aliphatic carbocycles. The van der Waals surface area contributed by atoms with Gasteiger partial charge in [0.25, 0.3) is 0 Å². The van der Waals surface area contributed by atoms with Gasteiger partial charge in [0, 0.05) is 18.0 Å². The monoisotopic (exact) mass is 183 g/mol. The Bertz CT molecular complexity index is 196. The van der Waals surface area contributed by atoms with Crippen LogP contribution in [0.5, 0.6) is 0 Å². The first-order valence-corrected chi connectivity index (χ1v) is 5.26. The van der Waals surface area contributed by atoms with Crippen LogP contribution in [-0.2, 0) is 4.79 Å². The van der Waals surface area contributed by atoms with E-state index in [1.807, 2.05) is 13.8 Å². The van der Waals surface area contributed by atoms with Crippen molar-refractivity contribution in [3.05, 3.63) is 0 Å². The molecule has 0 aromatic carbocycles. The topological polar surface area (TPSA) is 20.3 Å². The van der Waals surface area contributed by atoms with E-state index in [-0.39, 0.29) is 11.5 Å². The van der Waals surface area contributed by atoms with Crippen molar-refractivity contribution in [2.75, 3.05) is 6.54 Å². The Kier molecular flexibility index (Phi) is 2.99. The number of carbonyl (C=O) groups excluding carboxylic acids is 1. The van der Waals surface area contributed by atoms with Crippen LogP contribution in [0.4, 0.5) is 0 Å². The number of hydrogen-bond donors (Lipinski definition) is 0. The zero-order chi connectivity index (χ0) is 10.1. The average molecular weight is 183 g/mol. The molecule has 1 rings (SSSR count). The Morgan fingerprint density at radius 3 is 2.38 bits per heavy atom. The SMILES string of the molecule is CC(C)C(=O)N1CCCCC1(C)C. The smallest absolute Gasteiger partial charge is 0.225 e. The van der Waals surface area contributed by atoms with Crippen LogP contribution < -0.4 is 0 Å². The summed E-state index contributed by atoms with van der Waals surface area (Å²) in [6.07, 6.45) is 3.57. The number of piperidine rings is 1. The van der Waals surface area contributed by atoms with Gasteiger partial charge in [-0.25, -0.2) is 0 Å². The number of nitrogens with zero attached hydrogens (tertiary/aromatic N) is 1. The molecule has 1 heterocycles. The molecule has 1 fully saturated rings. The molecule has 0 atom stereocenters. The van der Waals surface area contributed by atoms with E-state index in [9.17, 15) is 4.79 Å². The minimum atomic E-state index is 0.0829. The van der Waals surface area contributed by atoms with Crippen molar-refractivity contribution in [2.24, 2.45) is 5.92 Å². The second-order valence-corrected chi connectivity index (χ2v) is 4.91. The fourth-order valence-corrected chi connectivity index (χ4v) is 1.99. The molecule has 1 aliphatic rings. The van der Waals surface area contributed by atoms with Crippen LogP contribution in [0.25, 0.3) is 0 Å². The fourth-order valence-electron chi connectivity index (χ4n) is 1.99. The van der Waals surface area contributed by atoms with E-state index in [2.05, 4.69) is 18.7 Å². The molecule has 1 saturated heterocycles. The van der Waals surface area contributed by atoms with Crippen LogP contribution >= 0.6 is 0 Å². The van der Waals surface area contributed by atoms with Crippen LogP contribution in [0, 0.1) is 5.92 Å². The molecule has 1 amide bonds. The summed E-state index contributed by atoms with van der Waals surface area (Å²) in [5, 5.41) is 0. The molecule has 0 spiro atoms. The number of hydrogen-bond acceptors (Lipinski definition) is 1. The first-order valence-electron chi connectivity index (χ1n) is 5.26. The second-order valence-electron chi connectivity index (χ2n) is 4.91. The normalized spacial score (nSPS) is 22.1. The quantitative estimate of drug-likeness (QED) is 0.611. The van der Waals surface area contributed by atoms with Crippen LogP contribution in [0.15, 0.2) is 0 Å². The van der Waals surface area contributed by atoms with Gasteiger partial charge in [0.1, 0.15) is 0 Å². The summed E-state index contributed by atoms with van der Waals surface area (Å²) in [5.41, 5.74) is 0.0829. The number of amides is 1. The number of carbonyl (C=O) groups is 1. The fraction of sp³-hybridized carbons (Fsp3) is 0.909. The lowest BCUT2D eigenvalue weighted by Crippen LogP contribution is -2.52. The Morgan fingerprint density at radius 1 is 1.31 bits per heavy atom. The highest BCUT2D eigenvalue weighted by molar-refractivity contribution is 5.79. The molecule has 76 valence electrons. The van der Waals surface area contributed by atoms with Gasteiger partial charge in [-0.15, -0.1) is 0 Å². The van der Waals surface area contributed by atoms with E-state index in [1.54, 1.807) is 0 Å². The van der Waals surface area contributed by atoms with Gasteiger partial charge < -0.3 is 4.90 Å². The summed E-state index contributed by atoms with van der Waals surface area (Å²) in [7, 11) is 0. The molecule has 0 saturated carbocycles. The highest BCUT2D eigenvalue weighted by Crippen LogP contribution is 2.28. The summed E-state index contributed by atoms with van der Waals surface area (Å²) < 4.78 is 0. The molecule has 13 heavy (non-hydrogen) atoms. The third-order valence-corrected chi connectivity index (χ3v) is 2.91. The van der Waals surface area contributed by atoms with Crippen molar-refractivity contribution < 1.29 is 4.79 Å². The standard InChI is InChI=1S/C11H21NO/c1-9(2)10(13)12-8-6-5-7-11(12,3)4/h9H,5-8H2,1-4H3. The zero-order valence-corrected chi connectivity index (χ0v) is 9.26. The van der Waals surface area contributed by atoms with Crippen LogP contribution in [-0.4, -0.2) is 22.9 Å². The van der Waals surface area contributed by atoms with Crippen molar-refractivity contribution in [1.82, 2.24) is 4.90 Å². The highest BCUT2D eigenvalue weighted by Gasteiger charge is 2.33. The van der Waals surface area contributed by atoms with Crippen molar-refractivity contribution in [1.29, 1.82) is 0 Å². The van der Waals surface area contributed by atoms with E-state index in [0.29, 0.717) is 5.91 Å². The Hall–Kier alpha value is -0.530. The minimum Gasteiger partial charge on any atom is -0.337 e. The molecule has 0 unspecified atom stereocenters. The Balaban J connectivity index is 2.71. The predicted molar refractivity (Wildman–Crippen MR) is 54.5 cm³/mol. The van der Waals surface area contributed by atoms with Gasteiger partial charge in [-0.1, -0.05) is 13.8 Å². The Morgan fingerprint density at radius 2 is 1.92 bits per heavy atom. The number of likely N-dealkylation sites (tertiary alicyclic amines) is 1. The van der Waals surface area contributed by atoms with Gasteiger partial charge in [-0.2, -0.15) is 0 Å². The molecular weight excluding hydrogens is 162 g/mol. The lowest BCUT2D eigenvalue weighted by atomic mass is 9.89. The maximum Gasteiger partial charge on any atom is 0.225 e. The van der Waals surface area contributed by atoms with Crippen molar-refractivity contribution in [2.45, 2.75) is 52.5 Å². The highest BCUT2D eigenvalue weighted by atomic mass is 16.2. The molecule has 0 bridgehead atoms. The minimum absolute atomic E-state index is 0.0829. The first kappa shape index (κ1) is 10.6. The van der Waals surface area contributed by atoms with E-state index < -0.39 is 0 Å². The van der Waals surface area contributed by atoms with E-state index in [4.69, 9.17) is 0 Å². The first-order chi connectivity index (χ1) is 5.95. The zero-order valence-electron chi connectivity index (χ0n) is 9.26. The second kappa shape index (κ2) is 3.69. The maximum atomic E-state index is 11.8. The van der Waals surface area contributed by atoms with E-state index in [0.717, 1.165) is 13.0 Å². The summed E-state index contributed by atoms with van der Waals surface area (Å²) in [5.74, 6) is 0.446. The van der Waals surface area contributed by atoms with Crippen molar-refractivity contribution in [3.63, 3.8) is 0 Å². The van der Waals surface area contributed by atoms with Crippen LogP contribution in [0.1, 0.15) is 47.0 Å². The summed E-state index contributed by atoms with van der Waals surface area (Å²) >= 11 is 0. The molecule has 0 N–H and O–H groups in total. The molecule has 0 aromatic rings. The molecule has 0 radical (unpaired) electrons. The van der Waals surface area contributed by atoms with Gasteiger partial charge in [0.05, 0.1) is 0 Å². The van der Waals surface area contributed by atoms with Crippen molar-refractivity contribution >= 4 is 5.91 Å². The molecule has 0 aromatic heterocycles. The van der Waals surface area contributed by atoms with Gasteiger partial charge in [-0.3, -0.25) is 4.79 Å². The third kappa shape index (κ3) is 2.23. The molecule has 2 nitrogen and oxygen atoms in total. The average Bonchev–Trinajstić information content (AvgIpc) is 2.02. The summed E-state index contributed by atoms with van der Waals surface area (Å²) in [4.78, 5) is 13.9. The lowest BCUT2D eigenvalue weighted by Gasteiger charge is -2.43. The van der Waals surface area contributed by atoms with Gasteiger partial charge in [0.15, 0.2) is 0 Å². The Labute approximate surface area is 81.3 Å². The van der Waals surface area contributed by atoms with Crippen LogP contribution in [0.2, 0.25) is 0 Å². The summed E-state index contributed by atoms with van der Waals surface area (Å²) in [6, 6.07) is 0. The van der Waals surface area contributed by atoms with E-state index in [1.165, 1.54) is 12.8 Å². The maximum absolute atomic E-state index is 11.8. The molecular formula is C11H21NO. The summed E-state index contributed by atoms with van der Waals surface area (Å²) in [6.45, 7) is 9.25. The number of rotatable bonds is 1. The molecule has 1 aliphatic heterocycles. The van der Waals surface area contributed by atoms with Gasteiger partial charge in [0.2, 0.25) is 5.91 Å². The van der Waals surface area contributed by atoms with Gasteiger partial charge >= 0.3 is 0 Å². The molecule has 2 heteroatoms. The lowest BCUT2D eigenvalue weighted by molar-refractivity contribution is -0.141. The van der Waals surface area contributed by atoms with Gasteiger partial charge in [-0.05, 0) is 33.1 Å². The predicted octanol–water partition coefficient (Wildman–Crippen LogP) is 2.43. The third-order valence-electron chi connectivity index (χ3n) is 2.91. The van der Waals surface area contributed by atoms with Crippen LogP contribution in [0.3, 0.4) is 0 Å². The largest absolute Gasteiger partial charge is 0.337 e. The van der Waals surface area contributed by atoms with Crippen molar-refractivity contribution in [3.8, 4) is 0 Å². The van der Waals surface area contributed by atoms with E-state index >= 15 is 0 Å².